The largest absolute Gasteiger partial charge is 0.490 e. The maximum Gasteiger partial charge on any atom is 0.340 e. The second-order valence-electron chi connectivity index (χ2n) is 6.01. The molecule has 0 atom stereocenters. The maximum atomic E-state index is 12.5. The van der Waals surface area contributed by atoms with E-state index in [0.717, 1.165) is 4.47 Å². The number of ether oxygens (including phenoxy) is 2. The molecule has 1 N–H and O–H groups in total. The molecule has 0 spiro atoms. The molecule has 3 aromatic carbocycles. The first-order chi connectivity index (χ1) is 14.5. The van der Waals surface area contributed by atoms with Gasteiger partial charge in [-0.05, 0) is 60.7 Å². The molecule has 8 heteroatoms. The van der Waals surface area contributed by atoms with E-state index >= 15 is 0 Å². The van der Waals surface area contributed by atoms with Gasteiger partial charge in [0.1, 0.15) is 19.0 Å². The van der Waals surface area contributed by atoms with Crippen LogP contribution in [0.1, 0.15) is 10.4 Å². The van der Waals surface area contributed by atoms with Gasteiger partial charge in [0.2, 0.25) is 0 Å². The minimum Gasteiger partial charge on any atom is -0.490 e. The normalized spacial score (nSPS) is 10.7. The van der Waals surface area contributed by atoms with Crippen molar-refractivity contribution in [1.82, 2.24) is 0 Å². The molecule has 0 bridgehead atoms. The van der Waals surface area contributed by atoms with Gasteiger partial charge < -0.3 is 14.8 Å². The third kappa shape index (κ3) is 6.74. The van der Waals surface area contributed by atoms with Crippen LogP contribution in [0.15, 0.2) is 82.2 Å². The Morgan fingerprint density at radius 1 is 0.967 bits per heavy atom. The van der Waals surface area contributed by atoms with E-state index in [9.17, 15) is 13.6 Å². The van der Waals surface area contributed by atoms with Crippen molar-refractivity contribution in [3.8, 4) is 5.75 Å². The topological polar surface area (TPSA) is 47.6 Å². The summed E-state index contributed by atoms with van der Waals surface area (Å²) < 4.78 is 36.7. The SMILES string of the molecule is O=C(OCCOc1ccc(Br)cc1)c1ccccc1Nc1ccc(SC(F)F)cc1. The maximum absolute atomic E-state index is 12.5. The molecule has 3 rings (SSSR count). The van der Waals surface area contributed by atoms with Crippen molar-refractivity contribution in [3.05, 3.63) is 82.8 Å². The lowest BCUT2D eigenvalue weighted by Crippen LogP contribution is -2.13. The molecule has 30 heavy (non-hydrogen) atoms. The lowest BCUT2D eigenvalue weighted by molar-refractivity contribution is 0.0451. The van der Waals surface area contributed by atoms with Gasteiger partial charge in [0, 0.05) is 15.1 Å². The second-order valence-corrected chi connectivity index (χ2v) is 7.99. The number of hydrogen-bond donors (Lipinski definition) is 1. The number of para-hydroxylation sites is 1. The van der Waals surface area contributed by atoms with E-state index in [1.54, 1.807) is 48.5 Å². The van der Waals surface area contributed by atoms with Crippen LogP contribution in [0.25, 0.3) is 0 Å². The molecule has 0 aliphatic heterocycles. The van der Waals surface area contributed by atoms with E-state index in [4.69, 9.17) is 9.47 Å². The first-order valence-electron chi connectivity index (χ1n) is 8.98. The van der Waals surface area contributed by atoms with Crippen LogP contribution in [-0.2, 0) is 4.74 Å². The molecule has 0 heterocycles. The van der Waals surface area contributed by atoms with Gasteiger partial charge in [-0.15, -0.1) is 0 Å². The zero-order chi connectivity index (χ0) is 21.3. The van der Waals surface area contributed by atoms with E-state index < -0.39 is 11.7 Å². The molecule has 0 saturated heterocycles. The summed E-state index contributed by atoms with van der Waals surface area (Å²) in [5.74, 6) is -2.26. The highest BCUT2D eigenvalue weighted by Gasteiger charge is 2.13. The minimum atomic E-state index is -2.47. The van der Waals surface area contributed by atoms with Crippen LogP contribution in [0, 0.1) is 0 Å². The highest BCUT2D eigenvalue weighted by molar-refractivity contribution is 9.10. The quantitative estimate of drug-likeness (QED) is 0.203. The van der Waals surface area contributed by atoms with Gasteiger partial charge in [0.15, 0.2) is 0 Å². The molecule has 0 aromatic heterocycles. The third-order valence-electron chi connectivity index (χ3n) is 3.90. The summed E-state index contributed by atoms with van der Waals surface area (Å²) in [6.45, 7) is 0.328. The third-order valence-corrected chi connectivity index (χ3v) is 5.16. The number of benzene rings is 3. The smallest absolute Gasteiger partial charge is 0.340 e. The zero-order valence-corrected chi connectivity index (χ0v) is 18.1. The first-order valence-corrected chi connectivity index (χ1v) is 10.6. The average molecular weight is 494 g/mol. The summed E-state index contributed by atoms with van der Waals surface area (Å²) in [5.41, 5.74) is 1.60. The Balaban J connectivity index is 1.56. The molecule has 0 radical (unpaired) electrons. The summed E-state index contributed by atoms with van der Waals surface area (Å²) in [6, 6.07) is 20.8. The molecule has 0 amide bonds. The number of anilines is 2. The fourth-order valence-electron chi connectivity index (χ4n) is 2.55. The van der Waals surface area contributed by atoms with Gasteiger partial charge in [0.25, 0.3) is 5.76 Å². The number of esters is 1. The van der Waals surface area contributed by atoms with Crippen molar-refractivity contribution < 1.29 is 23.0 Å². The van der Waals surface area contributed by atoms with Crippen molar-refractivity contribution in [2.24, 2.45) is 0 Å². The summed E-state index contributed by atoms with van der Waals surface area (Å²) in [5, 5.41) is 3.12. The summed E-state index contributed by atoms with van der Waals surface area (Å²) in [7, 11) is 0. The highest BCUT2D eigenvalue weighted by atomic mass is 79.9. The van der Waals surface area contributed by atoms with Gasteiger partial charge in [-0.1, -0.05) is 39.8 Å². The van der Waals surface area contributed by atoms with Crippen LogP contribution in [-0.4, -0.2) is 24.9 Å². The molecule has 0 fully saturated rings. The van der Waals surface area contributed by atoms with Gasteiger partial charge in [0.05, 0.1) is 11.3 Å². The standard InChI is InChI=1S/C22H18BrF2NO3S/c23-15-5-9-17(10-6-15)28-13-14-29-21(27)19-3-1-2-4-20(19)26-16-7-11-18(12-8-16)30-22(24)25/h1-12,22,26H,13-14H2. The molecule has 4 nitrogen and oxygen atoms in total. The van der Waals surface area contributed by atoms with E-state index in [-0.39, 0.29) is 13.2 Å². The molecular weight excluding hydrogens is 476 g/mol. The Labute approximate surface area is 185 Å². The molecule has 156 valence electrons. The number of alkyl halides is 2. The fourth-order valence-corrected chi connectivity index (χ4v) is 3.31. The molecule has 0 unspecified atom stereocenters. The zero-order valence-electron chi connectivity index (χ0n) is 15.7. The predicted octanol–water partition coefficient (Wildman–Crippen LogP) is 6.74. The van der Waals surface area contributed by atoms with Crippen molar-refractivity contribution in [1.29, 1.82) is 0 Å². The molecule has 3 aromatic rings. The van der Waals surface area contributed by atoms with E-state index in [0.29, 0.717) is 39.3 Å². The highest BCUT2D eigenvalue weighted by Crippen LogP contribution is 2.28. The second kappa shape index (κ2) is 11.0. The van der Waals surface area contributed by atoms with Crippen LogP contribution in [0.5, 0.6) is 5.75 Å². The molecule has 0 saturated carbocycles. The van der Waals surface area contributed by atoms with Gasteiger partial charge in [-0.3, -0.25) is 0 Å². The Kier molecular flexibility index (Phi) is 8.10. The number of thioether (sulfide) groups is 1. The van der Waals surface area contributed by atoms with Crippen LogP contribution >= 0.6 is 27.7 Å². The van der Waals surface area contributed by atoms with Crippen LogP contribution < -0.4 is 10.1 Å². The van der Waals surface area contributed by atoms with E-state index in [2.05, 4.69) is 21.2 Å². The van der Waals surface area contributed by atoms with Crippen molar-refractivity contribution in [2.75, 3.05) is 18.5 Å². The monoisotopic (exact) mass is 493 g/mol. The molecular formula is C22H18BrF2NO3S. The number of rotatable bonds is 9. The van der Waals surface area contributed by atoms with E-state index in [1.165, 1.54) is 0 Å². The Morgan fingerprint density at radius 2 is 1.67 bits per heavy atom. The van der Waals surface area contributed by atoms with Gasteiger partial charge in [-0.2, -0.15) is 8.78 Å². The summed E-state index contributed by atoms with van der Waals surface area (Å²) in [4.78, 5) is 12.9. The number of nitrogens with one attached hydrogen (secondary N) is 1. The van der Waals surface area contributed by atoms with Crippen molar-refractivity contribution in [2.45, 2.75) is 10.7 Å². The van der Waals surface area contributed by atoms with Gasteiger partial charge in [-0.25, -0.2) is 4.79 Å². The van der Waals surface area contributed by atoms with Crippen LogP contribution in [0.4, 0.5) is 20.2 Å². The predicted molar refractivity (Wildman–Crippen MR) is 118 cm³/mol. The minimum absolute atomic E-state index is 0.1000. The lowest BCUT2D eigenvalue weighted by Gasteiger charge is -2.12. The van der Waals surface area contributed by atoms with E-state index in [1.807, 2.05) is 24.3 Å². The van der Waals surface area contributed by atoms with Crippen LogP contribution in [0.2, 0.25) is 0 Å². The summed E-state index contributed by atoms with van der Waals surface area (Å²) >= 11 is 3.84. The Hall–Kier alpha value is -2.58. The summed E-state index contributed by atoms with van der Waals surface area (Å²) in [6.07, 6.45) is 0. The van der Waals surface area contributed by atoms with Crippen molar-refractivity contribution in [3.63, 3.8) is 0 Å². The number of hydrogen-bond acceptors (Lipinski definition) is 5. The average Bonchev–Trinajstić information content (AvgIpc) is 2.74. The number of halogens is 3. The Bertz CT molecular complexity index is 969. The lowest BCUT2D eigenvalue weighted by atomic mass is 10.1. The number of carbonyl (C=O) groups is 1. The number of carbonyl (C=O) groups excluding carboxylic acids is 1. The molecule has 0 aliphatic carbocycles. The first kappa shape index (κ1) is 22.1. The molecule has 0 aliphatic rings. The van der Waals surface area contributed by atoms with Crippen LogP contribution in [0.3, 0.4) is 0 Å². The van der Waals surface area contributed by atoms with Gasteiger partial charge >= 0.3 is 5.97 Å². The van der Waals surface area contributed by atoms with Crippen molar-refractivity contribution >= 4 is 45.0 Å². The fraction of sp³-hybridized carbons (Fsp3) is 0.136. The Morgan fingerprint density at radius 3 is 2.37 bits per heavy atom.